The Hall–Kier alpha value is -3.93. The van der Waals surface area contributed by atoms with E-state index < -0.39 is 11.8 Å². The average molecular weight is 482 g/mol. The van der Waals surface area contributed by atoms with E-state index in [9.17, 15) is 13.6 Å². The van der Waals surface area contributed by atoms with E-state index in [1.165, 1.54) is 11.0 Å². The van der Waals surface area contributed by atoms with Crippen molar-refractivity contribution in [2.45, 2.75) is 25.8 Å². The molecule has 3 heterocycles. The van der Waals surface area contributed by atoms with Crippen molar-refractivity contribution in [1.29, 1.82) is 0 Å². The largest absolute Gasteiger partial charge is 0.383 e. The highest BCUT2D eigenvalue weighted by molar-refractivity contribution is 6.09. The fourth-order valence-electron chi connectivity index (χ4n) is 3.75. The number of halogens is 2. The van der Waals surface area contributed by atoms with Crippen molar-refractivity contribution in [3.05, 3.63) is 53.9 Å². The monoisotopic (exact) mass is 482 g/mol. The predicted octanol–water partition coefficient (Wildman–Crippen LogP) is 3.26. The topological polar surface area (TPSA) is 111 Å². The molecule has 2 N–H and O–H groups in total. The molecule has 12 heteroatoms. The fraction of sp³-hybridized carbons (Fsp3) is 0.348. The number of ether oxygens (including phenoxy) is 1. The molecule has 182 valence electrons. The number of tetrazole rings is 1. The lowest BCUT2D eigenvalue weighted by Gasteiger charge is -2.10. The molecule has 1 amide bonds. The van der Waals surface area contributed by atoms with Crippen LogP contribution in [0.15, 0.2) is 42.7 Å². The van der Waals surface area contributed by atoms with Crippen molar-refractivity contribution in [2.24, 2.45) is 5.92 Å². The van der Waals surface area contributed by atoms with E-state index in [1.54, 1.807) is 30.0 Å². The van der Waals surface area contributed by atoms with Gasteiger partial charge in [-0.25, -0.2) is 13.3 Å². The minimum atomic E-state index is -2.64. The molecule has 0 spiro atoms. The Bertz CT molecular complexity index is 1380. The number of anilines is 2. The predicted molar refractivity (Wildman–Crippen MR) is 125 cm³/mol. The van der Waals surface area contributed by atoms with Gasteiger partial charge >= 0.3 is 0 Å². The summed E-state index contributed by atoms with van der Waals surface area (Å²) in [5.41, 5.74) is 3.95. The van der Waals surface area contributed by atoms with E-state index in [4.69, 9.17) is 4.74 Å². The molecule has 3 aromatic heterocycles. The lowest BCUT2D eigenvalue weighted by atomic mass is 10.1. The summed E-state index contributed by atoms with van der Waals surface area (Å²) in [6.45, 7) is 3.08. The lowest BCUT2D eigenvalue weighted by molar-refractivity contribution is 0.0929. The lowest BCUT2D eigenvalue weighted by Crippen LogP contribution is -2.13. The first-order chi connectivity index (χ1) is 16.8. The maximum absolute atomic E-state index is 13.2. The van der Waals surface area contributed by atoms with Crippen LogP contribution in [-0.4, -0.2) is 61.9 Å². The third-order valence-corrected chi connectivity index (χ3v) is 5.94. The van der Waals surface area contributed by atoms with Crippen LogP contribution in [-0.2, 0) is 11.3 Å². The minimum absolute atomic E-state index is 0.0203. The first-order valence-electron chi connectivity index (χ1n) is 11.1. The van der Waals surface area contributed by atoms with Crippen molar-refractivity contribution >= 4 is 22.8 Å². The Morgan fingerprint density at radius 2 is 2.11 bits per heavy atom. The molecule has 1 aliphatic carbocycles. The number of pyridine rings is 1. The van der Waals surface area contributed by atoms with Gasteiger partial charge in [0, 0.05) is 49.1 Å². The van der Waals surface area contributed by atoms with Gasteiger partial charge < -0.3 is 15.4 Å². The second-order valence-corrected chi connectivity index (χ2v) is 8.54. The van der Waals surface area contributed by atoms with Gasteiger partial charge in [-0.1, -0.05) is 12.1 Å². The number of nitrogens with zero attached hydrogens (tertiary/aromatic N) is 6. The molecular weight excluding hydrogens is 458 g/mol. The van der Waals surface area contributed by atoms with Gasteiger partial charge in [-0.3, -0.25) is 4.79 Å². The second-order valence-electron chi connectivity index (χ2n) is 8.54. The van der Waals surface area contributed by atoms with Crippen LogP contribution in [0.1, 0.15) is 22.3 Å². The first kappa shape index (κ1) is 22.8. The van der Waals surface area contributed by atoms with Crippen LogP contribution in [0.5, 0.6) is 0 Å². The number of alkyl halides is 2. The minimum Gasteiger partial charge on any atom is -0.383 e. The van der Waals surface area contributed by atoms with Crippen molar-refractivity contribution in [2.75, 3.05) is 30.9 Å². The van der Waals surface area contributed by atoms with Gasteiger partial charge in [-0.2, -0.15) is 9.90 Å². The van der Waals surface area contributed by atoms with Crippen LogP contribution < -0.4 is 10.6 Å². The number of hydrogen-bond acceptors (Lipinski definition) is 7. The molecule has 1 atom stereocenters. The molecule has 10 nitrogen and oxygen atoms in total. The summed E-state index contributed by atoms with van der Waals surface area (Å²) in [6.07, 6.45) is 3.14. The van der Waals surface area contributed by atoms with E-state index in [0.29, 0.717) is 41.3 Å². The van der Waals surface area contributed by atoms with Crippen LogP contribution in [0.3, 0.4) is 0 Å². The molecule has 4 aromatic rings. The Morgan fingerprint density at radius 1 is 1.29 bits per heavy atom. The summed E-state index contributed by atoms with van der Waals surface area (Å²) >= 11 is 0. The highest BCUT2D eigenvalue weighted by atomic mass is 19.3. The van der Waals surface area contributed by atoms with E-state index >= 15 is 0 Å². The van der Waals surface area contributed by atoms with E-state index in [0.717, 1.165) is 11.3 Å². The van der Waals surface area contributed by atoms with Crippen molar-refractivity contribution < 1.29 is 18.3 Å². The summed E-state index contributed by atoms with van der Waals surface area (Å²) in [6, 6.07) is 9.09. The number of rotatable bonds is 9. The summed E-state index contributed by atoms with van der Waals surface area (Å²) in [4.78, 5) is 14.3. The number of aryl methyl sites for hydroxylation is 1. The van der Waals surface area contributed by atoms with Gasteiger partial charge in [0.2, 0.25) is 5.82 Å². The van der Waals surface area contributed by atoms with E-state index in [2.05, 4.69) is 31.1 Å². The standard InChI is InChI=1S/C23H24F2N8O2/c1-14-3-4-15(21-29-31-33(30-21)13-16-11-23(16,24)25)9-19(14)28-22(34)18-12-27-32-7-5-17(10-20(18)32)26-6-8-35-2/h3-5,7,9-10,12,16,26H,6,8,11,13H2,1-2H3,(H,28,34)/t16-/m1/s1. The Kier molecular flexibility index (Phi) is 5.89. The smallest absolute Gasteiger partial charge is 0.259 e. The Morgan fingerprint density at radius 3 is 2.89 bits per heavy atom. The van der Waals surface area contributed by atoms with Crippen LogP contribution in [0.4, 0.5) is 20.2 Å². The second kappa shape index (κ2) is 9.02. The van der Waals surface area contributed by atoms with Gasteiger partial charge in [0.1, 0.15) is 0 Å². The highest BCUT2D eigenvalue weighted by Crippen LogP contribution is 2.49. The van der Waals surface area contributed by atoms with Crippen LogP contribution in [0, 0.1) is 12.8 Å². The fourth-order valence-corrected chi connectivity index (χ4v) is 3.75. The van der Waals surface area contributed by atoms with Crippen LogP contribution in [0.2, 0.25) is 0 Å². The molecule has 0 aliphatic heterocycles. The van der Waals surface area contributed by atoms with Gasteiger partial charge in [-0.05, 0) is 35.9 Å². The molecule has 1 aliphatic rings. The van der Waals surface area contributed by atoms with E-state index in [1.807, 2.05) is 25.1 Å². The quantitative estimate of drug-likeness (QED) is 0.352. The summed E-state index contributed by atoms with van der Waals surface area (Å²) in [5.74, 6) is -3.42. The molecule has 0 saturated heterocycles. The number of carbonyl (C=O) groups is 1. The molecule has 1 fully saturated rings. The van der Waals surface area contributed by atoms with Crippen molar-refractivity contribution in [1.82, 2.24) is 29.8 Å². The number of hydrogen-bond donors (Lipinski definition) is 2. The first-order valence-corrected chi connectivity index (χ1v) is 11.1. The SMILES string of the molecule is COCCNc1ccn2ncc(C(=O)Nc3cc(-c4nnn(C[C@H]5CC5(F)F)n4)ccc3C)c2c1. The molecule has 5 rings (SSSR count). The maximum atomic E-state index is 13.2. The van der Waals surface area contributed by atoms with Crippen molar-refractivity contribution in [3.8, 4) is 11.4 Å². The van der Waals surface area contributed by atoms with E-state index in [-0.39, 0.29) is 18.9 Å². The molecule has 0 unspecified atom stereocenters. The van der Waals surface area contributed by atoms with Gasteiger partial charge in [0.15, 0.2) is 0 Å². The number of fused-ring (bicyclic) bond motifs is 1. The number of amides is 1. The molecule has 1 saturated carbocycles. The zero-order valence-corrected chi connectivity index (χ0v) is 19.2. The van der Waals surface area contributed by atoms with Gasteiger partial charge in [0.05, 0.1) is 30.4 Å². The zero-order chi connectivity index (χ0) is 24.6. The third kappa shape index (κ3) is 4.83. The van der Waals surface area contributed by atoms with Gasteiger partial charge in [-0.15, -0.1) is 10.2 Å². The summed E-state index contributed by atoms with van der Waals surface area (Å²) in [5, 5.41) is 22.5. The molecule has 0 bridgehead atoms. The molecular formula is C23H24F2N8O2. The number of benzene rings is 1. The molecule has 35 heavy (non-hydrogen) atoms. The zero-order valence-electron chi connectivity index (χ0n) is 19.2. The van der Waals surface area contributed by atoms with Crippen molar-refractivity contribution in [3.63, 3.8) is 0 Å². The molecule has 0 radical (unpaired) electrons. The normalized spacial score (nSPS) is 16.4. The average Bonchev–Trinajstić information content (AvgIpc) is 3.18. The molecule has 1 aromatic carbocycles. The third-order valence-electron chi connectivity index (χ3n) is 5.94. The number of methoxy groups -OCH3 is 1. The summed E-state index contributed by atoms with van der Waals surface area (Å²) in [7, 11) is 1.63. The van der Waals surface area contributed by atoms with Crippen LogP contribution in [0.25, 0.3) is 16.9 Å². The Labute approximate surface area is 199 Å². The van der Waals surface area contributed by atoms with Crippen LogP contribution >= 0.6 is 0 Å². The summed E-state index contributed by atoms with van der Waals surface area (Å²) < 4.78 is 33.1. The maximum Gasteiger partial charge on any atom is 0.259 e. The number of carbonyl (C=O) groups excluding carboxylic acids is 1. The van der Waals surface area contributed by atoms with Gasteiger partial charge in [0.25, 0.3) is 11.8 Å². The number of aromatic nitrogens is 6. The number of nitrogens with one attached hydrogen (secondary N) is 2. The highest BCUT2D eigenvalue weighted by Gasteiger charge is 2.57. The Balaban J connectivity index is 1.33.